The minimum atomic E-state index is -0.631. The largest absolute Gasteiger partial charge is 0.496 e. The maximum Gasteiger partial charge on any atom is 0.347 e. The normalized spacial score (nSPS) is 10.1. The molecule has 0 radical (unpaired) electrons. The number of nitrogens with one attached hydrogen (secondary N) is 1. The van der Waals surface area contributed by atoms with E-state index in [9.17, 15) is 9.59 Å². The molecule has 0 aromatic heterocycles. The molecule has 0 saturated heterocycles. The van der Waals surface area contributed by atoms with Gasteiger partial charge in [-0.15, -0.1) is 0 Å². The quantitative estimate of drug-likeness (QED) is 0.417. The first-order valence-electron chi connectivity index (χ1n) is 9.58. The zero-order valence-corrected chi connectivity index (χ0v) is 18.1. The Bertz CT molecular complexity index is 1110. The number of hydrogen-bond donors (Lipinski definition) is 1. The number of esters is 1. The summed E-state index contributed by atoms with van der Waals surface area (Å²) in [6.07, 6.45) is 0. The third-order valence-electron chi connectivity index (χ3n) is 4.60. The number of amides is 1. The highest BCUT2D eigenvalue weighted by Gasteiger charge is 2.22. The predicted molar refractivity (Wildman–Crippen MR) is 118 cm³/mol. The van der Waals surface area contributed by atoms with E-state index in [1.54, 1.807) is 54.6 Å². The van der Waals surface area contributed by atoms with E-state index >= 15 is 0 Å². The van der Waals surface area contributed by atoms with Crippen LogP contribution in [0.2, 0.25) is 0 Å². The lowest BCUT2D eigenvalue weighted by atomic mass is 10.1. The molecule has 0 aliphatic heterocycles. The second kappa shape index (κ2) is 10.2. The van der Waals surface area contributed by atoms with Crippen molar-refractivity contribution >= 4 is 17.6 Å². The Morgan fingerprint density at radius 2 is 1.31 bits per heavy atom. The van der Waals surface area contributed by atoms with Crippen LogP contribution in [-0.4, -0.2) is 40.3 Å². The Hall–Kier alpha value is -4.20. The van der Waals surface area contributed by atoms with E-state index in [2.05, 4.69) is 5.32 Å². The van der Waals surface area contributed by atoms with Crippen LogP contribution in [0.25, 0.3) is 0 Å². The number of methoxy groups -OCH3 is 4. The van der Waals surface area contributed by atoms with Crippen LogP contribution in [0.1, 0.15) is 20.7 Å². The summed E-state index contributed by atoms with van der Waals surface area (Å²) in [7, 11) is 5.87. The summed E-state index contributed by atoms with van der Waals surface area (Å²) in [6.45, 7) is 0. The van der Waals surface area contributed by atoms with Crippen molar-refractivity contribution in [3.05, 3.63) is 71.8 Å². The van der Waals surface area contributed by atoms with E-state index in [1.165, 1.54) is 34.5 Å². The number of hydrogen-bond acceptors (Lipinski definition) is 7. The fourth-order valence-corrected chi connectivity index (χ4v) is 3.06. The van der Waals surface area contributed by atoms with Crippen LogP contribution in [-0.2, 0) is 0 Å². The molecule has 0 unspecified atom stereocenters. The maximum atomic E-state index is 12.7. The van der Waals surface area contributed by atoms with Gasteiger partial charge in [0.1, 0.15) is 17.1 Å². The smallest absolute Gasteiger partial charge is 0.347 e. The molecule has 3 aromatic rings. The minimum absolute atomic E-state index is 0.179. The average Bonchev–Trinajstić information content (AvgIpc) is 2.83. The minimum Gasteiger partial charge on any atom is -0.496 e. The number of para-hydroxylation sites is 1. The fraction of sp³-hybridized carbons (Fsp3) is 0.167. The lowest BCUT2D eigenvalue weighted by molar-refractivity contribution is 0.0730. The van der Waals surface area contributed by atoms with Crippen molar-refractivity contribution in [2.24, 2.45) is 0 Å². The van der Waals surface area contributed by atoms with Crippen molar-refractivity contribution in [3.8, 4) is 28.7 Å². The average molecular weight is 437 g/mol. The van der Waals surface area contributed by atoms with E-state index in [1.807, 2.05) is 0 Å². The summed E-state index contributed by atoms with van der Waals surface area (Å²) in [4.78, 5) is 25.2. The van der Waals surface area contributed by atoms with E-state index < -0.39 is 5.97 Å². The molecule has 0 fully saturated rings. The first-order chi connectivity index (χ1) is 15.5. The first-order valence-corrected chi connectivity index (χ1v) is 9.58. The molecular formula is C24H23NO7. The lowest BCUT2D eigenvalue weighted by Gasteiger charge is -2.15. The highest BCUT2D eigenvalue weighted by Crippen LogP contribution is 2.40. The molecule has 0 aliphatic rings. The Morgan fingerprint density at radius 3 is 1.94 bits per heavy atom. The van der Waals surface area contributed by atoms with Gasteiger partial charge in [0, 0.05) is 5.69 Å². The van der Waals surface area contributed by atoms with Gasteiger partial charge in [0.15, 0.2) is 11.5 Å². The molecule has 32 heavy (non-hydrogen) atoms. The summed E-state index contributed by atoms with van der Waals surface area (Å²) in [5.74, 6) is 0.741. The van der Waals surface area contributed by atoms with Crippen LogP contribution in [0.15, 0.2) is 60.7 Å². The molecule has 8 heteroatoms. The molecule has 166 valence electrons. The van der Waals surface area contributed by atoms with Gasteiger partial charge in [0.05, 0.1) is 34.0 Å². The Labute approximate surface area is 185 Å². The van der Waals surface area contributed by atoms with E-state index in [0.717, 1.165) is 0 Å². The molecular weight excluding hydrogens is 414 g/mol. The van der Waals surface area contributed by atoms with Gasteiger partial charge in [-0.05, 0) is 48.5 Å². The number of carbonyl (C=O) groups is 2. The van der Waals surface area contributed by atoms with Crippen molar-refractivity contribution < 1.29 is 33.3 Å². The number of rotatable bonds is 8. The fourth-order valence-electron chi connectivity index (χ4n) is 3.06. The van der Waals surface area contributed by atoms with Crippen LogP contribution in [0.4, 0.5) is 5.69 Å². The van der Waals surface area contributed by atoms with Gasteiger partial charge in [-0.3, -0.25) is 4.79 Å². The zero-order chi connectivity index (χ0) is 23.1. The number of ether oxygens (including phenoxy) is 5. The molecule has 3 aromatic carbocycles. The number of carbonyl (C=O) groups excluding carboxylic acids is 2. The summed E-state index contributed by atoms with van der Waals surface area (Å²) >= 11 is 0. The Morgan fingerprint density at radius 1 is 0.656 bits per heavy atom. The van der Waals surface area contributed by atoms with Gasteiger partial charge in [-0.1, -0.05) is 12.1 Å². The molecule has 8 nitrogen and oxygen atoms in total. The van der Waals surface area contributed by atoms with Gasteiger partial charge in [0.2, 0.25) is 5.75 Å². The van der Waals surface area contributed by atoms with Gasteiger partial charge < -0.3 is 29.0 Å². The molecule has 3 rings (SSSR count). The van der Waals surface area contributed by atoms with Crippen molar-refractivity contribution in [1.29, 1.82) is 0 Å². The summed E-state index contributed by atoms with van der Waals surface area (Å²) in [6, 6.07) is 16.4. The molecule has 0 saturated carbocycles. The van der Waals surface area contributed by atoms with Crippen LogP contribution in [0.5, 0.6) is 28.7 Å². The molecule has 0 aliphatic carbocycles. The standard InChI is InChI=1S/C24H23NO7/c1-28-19-8-6-5-7-17(19)23(26)25-15-9-11-16(12-10-15)32-24(27)18-13-14-20(29-2)22(31-4)21(18)30-3/h5-14H,1-4H3,(H,25,26). The van der Waals surface area contributed by atoms with Crippen molar-refractivity contribution in [2.45, 2.75) is 0 Å². The summed E-state index contributed by atoms with van der Waals surface area (Å²) in [5, 5.41) is 2.78. The zero-order valence-electron chi connectivity index (χ0n) is 18.1. The Balaban J connectivity index is 1.73. The topological polar surface area (TPSA) is 92.3 Å². The number of anilines is 1. The molecule has 0 bridgehead atoms. The van der Waals surface area contributed by atoms with Gasteiger partial charge >= 0.3 is 5.97 Å². The third-order valence-corrected chi connectivity index (χ3v) is 4.60. The summed E-state index contributed by atoms with van der Waals surface area (Å²) < 4.78 is 26.5. The summed E-state index contributed by atoms with van der Waals surface area (Å²) in [5.41, 5.74) is 1.12. The van der Waals surface area contributed by atoms with Crippen molar-refractivity contribution in [2.75, 3.05) is 33.8 Å². The molecule has 1 amide bonds. The first kappa shape index (κ1) is 22.5. The van der Waals surface area contributed by atoms with Gasteiger partial charge in [0.25, 0.3) is 5.91 Å². The molecule has 1 N–H and O–H groups in total. The maximum absolute atomic E-state index is 12.7. The van der Waals surface area contributed by atoms with Crippen LogP contribution >= 0.6 is 0 Å². The second-order valence-electron chi connectivity index (χ2n) is 6.45. The Kier molecular flexibility index (Phi) is 7.17. The van der Waals surface area contributed by atoms with Crippen LogP contribution in [0, 0.1) is 0 Å². The third kappa shape index (κ3) is 4.75. The van der Waals surface area contributed by atoms with Crippen molar-refractivity contribution in [3.63, 3.8) is 0 Å². The SMILES string of the molecule is COc1ccccc1C(=O)Nc1ccc(OC(=O)c2ccc(OC)c(OC)c2OC)cc1. The monoisotopic (exact) mass is 437 g/mol. The second-order valence-corrected chi connectivity index (χ2v) is 6.45. The van der Waals surface area contributed by atoms with E-state index in [-0.39, 0.29) is 17.2 Å². The molecule has 0 atom stereocenters. The highest BCUT2D eigenvalue weighted by atomic mass is 16.5. The van der Waals surface area contributed by atoms with Crippen LogP contribution < -0.4 is 29.0 Å². The van der Waals surface area contributed by atoms with Crippen LogP contribution in [0.3, 0.4) is 0 Å². The van der Waals surface area contributed by atoms with Gasteiger partial charge in [-0.25, -0.2) is 4.79 Å². The predicted octanol–water partition coefficient (Wildman–Crippen LogP) is 4.19. The van der Waals surface area contributed by atoms with Crippen molar-refractivity contribution in [1.82, 2.24) is 0 Å². The lowest BCUT2D eigenvalue weighted by Crippen LogP contribution is -2.13. The number of benzene rings is 3. The molecule has 0 heterocycles. The highest BCUT2D eigenvalue weighted by molar-refractivity contribution is 6.06. The van der Waals surface area contributed by atoms with E-state index in [0.29, 0.717) is 34.2 Å². The molecule has 0 spiro atoms. The van der Waals surface area contributed by atoms with Gasteiger partial charge in [-0.2, -0.15) is 0 Å². The van der Waals surface area contributed by atoms with E-state index in [4.69, 9.17) is 23.7 Å².